The normalized spacial score (nSPS) is 9.44. The number of hydrogen-bond donors (Lipinski definition) is 6. The van der Waals surface area contributed by atoms with Gasteiger partial charge < -0.3 is 50.9 Å². The molecule has 0 aliphatic heterocycles. The van der Waals surface area contributed by atoms with Gasteiger partial charge in [0.15, 0.2) is 0 Å². The molecule has 0 atom stereocenters. The van der Waals surface area contributed by atoms with Crippen molar-refractivity contribution in [2.75, 3.05) is 52.6 Å². The lowest BCUT2D eigenvalue weighted by Gasteiger charge is -2.02. The highest BCUT2D eigenvalue weighted by molar-refractivity contribution is 5.64. The second-order valence-electron chi connectivity index (χ2n) is 4.93. The number of aliphatic carboxylic acids is 2. The third-order valence-corrected chi connectivity index (χ3v) is 2.59. The minimum atomic E-state index is -1.08. The molecule has 0 heterocycles. The van der Waals surface area contributed by atoms with Crippen molar-refractivity contribution >= 4 is 11.9 Å². The summed E-state index contributed by atoms with van der Waals surface area (Å²) in [5.74, 6) is -2.17. The number of carboxylic acids is 2. The van der Waals surface area contributed by atoms with Crippen LogP contribution in [-0.4, -0.2) is 85.0 Å². The Kier molecular flexibility index (Phi) is 31.4. The Labute approximate surface area is 148 Å². The Morgan fingerprint density at radius 2 is 0.880 bits per heavy atom. The summed E-state index contributed by atoms with van der Waals surface area (Å²) in [5.41, 5.74) is 0. The summed E-state index contributed by atoms with van der Waals surface area (Å²) >= 11 is 0. The second-order valence-corrected chi connectivity index (χ2v) is 4.93. The third kappa shape index (κ3) is 45.0. The molecule has 0 aliphatic rings. The Bertz CT molecular complexity index is 246. The first-order chi connectivity index (χ1) is 12.0. The number of carbonyl (C=O) groups excluding carboxylic acids is 2. The lowest BCUT2D eigenvalue weighted by Crippen LogP contribution is -2.85. The number of unbranched alkanes of at least 4 members (excludes halogenated alkanes) is 2. The van der Waals surface area contributed by atoms with Crippen LogP contribution < -0.4 is 20.8 Å². The van der Waals surface area contributed by atoms with Crippen LogP contribution in [0.2, 0.25) is 0 Å². The SMILES string of the molecule is O=C([O-])CCCCCC(=O)[O-].OCC[NH2+]CCO.OCC[NH2+]CCO. The van der Waals surface area contributed by atoms with Crippen molar-refractivity contribution in [3.8, 4) is 0 Å². The highest BCUT2D eigenvalue weighted by Crippen LogP contribution is 2.01. The van der Waals surface area contributed by atoms with Crippen LogP contribution in [0.25, 0.3) is 0 Å². The molecule has 0 saturated heterocycles. The lowest BCUT2D eigenvalue weighted by molar-refractivity contribution is -0.657. The van der Waals surface area contributed by atoms with Crippen molar-refractivity contribution in [1.82, 2.24) is 0 Å². The minimum Gasteiger partial charge on any atom is -0.550 e. The molecular formula is C15H34N2O8. The van der Waals surface area contributed by atoms with Crippen LogP contribution in [-0.2, 0) is 9.59 Å². The van der Waals surface area contributed by atoms with Crippen LogP contribution in [0.5, 0.6) is 0 Å². The van der Waals surface area contributed by atoms with Gasteiger partial charge in [-0.3, -0.25) is 0 Å². The fraction of sp³-hybridized carbons (Fsp3) is 0.867. The van der Waals surface area contributed by atoms with Crippen molar-refractivity contribution in [1.29, 1.82) is 0 Å². The molecule has 0 radical (unpaired) electrons. The lowest BCUT2D eigenvalue weighted by atomic mass is 10.1. The minimum absolute atomic E-state index is 0.00699. The number of carboxylic acid groups (broad SMARTS) is 2. The molecule has 0 amide bonds. The van der Waals surface area contributed by atoms with Crippen LogP contribution in [0.4, 0.5) is 0 Å². The molecule has 0 aromatic rings. The number of rotatable bonds is 14. The van der Waals surface area contributed by atoms with Crippen molar-refractivity contribution in [3.05, 3.63) is 0 Å². The average molecular weight is 370 g/mol. The van der Waals surface area contributed by atoms with Gasteiger partial charge in [-0.2, -0.15) is 0 Å². The molecule has 0 rings (SSSR count). The fourth-order valence-corrected chi connectivity index (χ4v) is 1.37. The molecule has 152 valence electrons. The van der Waals surface area contributed by atoms with E-state index in [1.165, 1.54) is 0 Å². The van der Waals surface area contributed by atoms with Crippen LogP contribution in [0, 0.1) is 0 Å². The largest absolute Gasteiger partial charge is 0.550 e. The molecule has 0 aliphatic carbocycles. The molecule has 0 aromatic carbocycles. The van der Waals surface area contributed by atoms with E-state index in [0.717, 1.165) is 0 Å². The zero-order chi connectivity index (χ0) is 19.8. The van der Waals surface area contributed by atoms with Gasteiger partial charge in [0.05, 0.1) is 52.6 Å². The van der Waals surface area contributed by atoms with Crippen molar-refractivity contribution in [2.45, 2.75) is 32.1 Å². The summed E-state index contributed by atoms with van der Waals surface area (Å²) in [5, 5.41) is 56.2. The molecule has 0 saturated carbocycles. The van der Waals surface area contributed by atoms with Crippen molar-refractivity contribution in [2.24, 2.45) is 0 Å². The quantitative estimate of drug-likeness (QED) is 0.162. The molecular weight excluding hydrogens is 336 g/mol. The van der Waals surface area contributed by atoms with Gasteiger partial charge in [-0.15, -0.1) is 0 Å². The van der Waals surface area contributed by atoms with Crippen LogP contribution in [0.3, 0.4) is 0 Å². The number of quaternary nitrogens is 2. The van der Waals surface area contributed by atoms with E-state index < -0.39 is 11.9 Å². The standard InChI is InChI=1S/C7H12O4.2C4H11NO2/c8-6(9)4-2-1-3-5-7(10)11;2*6-3-1-5-2-4-7/h1-5H2,(H,8,9)(H,10,11);2*5-7H,1-4H2. The Morgan fingerprint density at radius 1 is 0.600 bits per heavy atom. The number of aliphatic hydroxyl groups is 4. The zero-order valence-corrected chi connectivity index (χ0v) is 14.8. The topological polar surface area (TPSA) is 194 Å². The van der Waals surface area contributed by atoms with E-state index in [9.17, 15) is 19.8 Å². The van der Waals surface area contributed by atoms with Gasteiger partial charge in [-0.1, -0.05) is 6.42 Å². The van der Waals surface area contributed by atoms with Crippen molar-refractivity contribution < 1.29 is 50.9 Å². The van der Waals surface area contributed by atoms with E-state index in [1.807, 2.05) is 10.6 Å². The van der Waals surface area contributed by atoms with E-state index >= 15 is 0 Å². The van der Waals surface area contributed by atoms with Gasteiger partial charge in [-0.05, 0) is 25.7 Å². The Hall–Kier alpha value is -1.30. The molecule has 0 spiro atoms. The monoisotopic (exact) mass is 370 g/mol. The highest BCUT2D eigenvalue weighted by Gasteiger charge is 1.90. The summed E-state index contributed by atoms with van der Waals surface area (Å²) in [4.78, 5) is 19.7. The number of hydrogen-bond acceptors (Lipinski definition) is 8. The smallest absolute Gasteiger partial charge is 0.0991 e. The molecule has 0 fully saturated rings. The molecule has 25 heavy (non-hydrogen) atoms. The van der Waals surface area contributed by atoms with Gasteiger partial charge >= 0.3 is 0 Å². The number of nitrogens with two attached hydrogens (primary N) is 2. The first-order valence-corrected chi connectivity index (χ1v) is 8.42. The van der Waals surface area contributed by atoms with Crippen LogP contribution in [0.1, 0.15) is 32.1 Å². The Balaban J connectivity index is -0.000000304. The van der Waals surface area contributed by atoms with Gasteiger partial charge in [0.25, 0.3) is 0 Å². The molecule has 10 heteroatoms. The van der Waals surface area contributed by atoms with Crippen LogP contribution in [0.15, 0.2) is 0 Å². The molecule has 0 bridgehead atoms. The molecule has 8 N–H and O–H groups in total. The Morgan fingerprint density at radius 3 is 1.08 bits per heavy atom. The highest BCUT2D eigenvalue weighted by atomic mass is 16.4. The summed E-state index contributed by atoms with van der Waals surface area (Å²) in [6.45, 7) is 3.56. The van der Waals surface area contributed by atoms with Gasteiger partial charge in [0.2, 0.25) is 0 Å². The van der Waals surface area contributed by atoms with Gasteiger partial charge in [-0.25, -0.2) is 0 Å². The maximum Gasteiger partial charge on any atom is 0.0991 e. The van der Waals surface area contributed by atoms with Crippen LogP contribution >= 0.6 is 0 Å². The number of aliphatic hydroxyl groups excluding tert-OH is 4. The molecule has 0 aromatic heterocycles. The average Bonchev–Trinajstić information content (AvgIpc) is 2.56. The van der Waals surface area contributed by atoms with Gasteiger partial charge in [0, 0.05) is 11.9 Å². The first-order valence-electron chi connectivity index (χ1n) is 8.42. The van der Waals surface area contributed by atoms with E-state index in [-0.39, 0.29) is 39.3 Å². The maximum atomic E-state index is 9.86. The maximum absolute atomic E-state index is 9.86. The molecule has 0 unspecified atom stereocenters. The second kappa shape index (κ2) is 27.5. The first kappa shape index (κ1) is 28.5. The van der Waals surface area contributed by atoms with Crippen molar-refractivity contribution in [3.63, 3.8) is 0 Å². The van der Waals surface area contributed by atoms with E-state index in [0.29, 0.717) is 45.4 Å². The number of carbonyl (C=O) groups is 2. The summed E-state index contributed by atoms with van der Waals surface area (Å²) in [6, 6.07) is 0. The predicted molar refractivity (Wildman–Crippen MR) is 84.8 cm³/mol. The van der Waals surface area contributed by atoms with E-state index in [1.54, 1.807) is 0 Å². The third-order valence-electron chi connectivity index (χ3n) is 2.59. The summed E-state index contributed by atoms with van der Waals surface area (Å²) < 4.78 is 0. The predicted octanol–water partition coefficient (Wildman–Crippen LogP) is -6.49. The fourth-order valence-electron chi connectivity index (χ4n) is 1.37. The summed E-state index contributed by atoms with van der Waals surface area (Å²) in [6.07, 6.45) is 1.58. The van der Waals surface area contributed by atoms with E-state index in [2.05, 4.69) is 0 Å². The zero-order valence-electron chi connectivity index (χ0n) is 14.8. The van der Waals surface area contributed by atoms with E-state index in [4.69, 9.17) is 20.4 Å². The summed E-state index contributed by atoms with van der Waals surface area (Å²) in [7, 11) is 0. The molecule has 10 nitrogen and oxygen atoms in total. The van der Waals surface area contributed by atoms with Gasteiger partial charge in [0.1, 0.15) is 0 Å².